The maximum Gasteiger partial charge on any atom is 0.246 e. The largest absolute Gasteiger partial charge is 0.497 e. The van der Waals surface area contributed by atoms with Crippen molar-refractivity contribution in [3.63, 3.8) is 0 Å². The number of rotatable bonds is 7. The van der Waals surface area contributed by atoms with Crippen LogP contribution in [0, 0.1) is 11.6 Å². The van der Waals surface area contributed by atoms with Crippen LogP contribution in [0.3, 0.4) is 0 Å². The van der Waals surface area contributed by atoms with Gasteiger partial charge in [0.25, 0.3) is 0 Å². The lowest BCUT2D eigenvalue weighted by molar-refractivity contribution is 0.246. The van der Waals surface area contributed by atoms with Gasteiger partial charge < -0.3 is 4.74 Å². The zero-order valence-corrected chi connectivity index (χ0v) is 15.8. The van der Waals surface area contributed by atoms with E-state index in [4.69, 9.17) is 4.74 Å². The third-order valence-corrected chi connectivity index (χ3v) is 6.19. The van der Waals surface area contributed by atoms with Crippen molar-refractivity contribution >= 4 is 10.0 Å². The molecule has 146 valence electrons. The Kier molecular flexibility index (Phi) is 6.08. The molecular formula is C19H22F2N2O3S. The van der Waals surface area contributed by atoms with Crippen molar-refractivity contribution in [3.05, 3.63) is 59.7 Å². The van der Waals surface area contributed by atoms with Crippen LogP contribution < -0.4 is 9.46 Å². The van der Waals surface area contributed by atoms with E-state index in [1.165, 1.54) is 0 Å². The van der Waals surface area contributed by atoms with Gasteiger partial charge in [-0.1, -0.05) is 18.2 Å². The van der Waals surface area contributed by atoms with E-state index in [1.54, 1.807) is 7.11 Å². The molecule has 1 heterocycles. The van der Waals surface area contributed by atoms with E-state index in [9.17, 15) is 17.2 Å². The molecule has 2 aromatic rings. The summed E-state index contributed by atoms with van der Waals surface area (Å²) in [7, 11) is -2.76. The zero-order valence-electron chi connectivity index (χ0n) is 15.0. The summed E-state index contributed by atoms with van der Waals surface area (Å²) in [5.74, 6) is -1.55. The smallest absolute Gasteiger partial charge is 0.246 e. The standard InChI is InChI=1S/C19H22F2N2O3S/c1-26-15-7-4-6-14(12-15)18(23-10-2-3-11-23)13-22-27(24,25)19-16(20)8-5-9-17(19)21/h4-9,12,18,22H,2-3,10-11,13H2,1H3. The molecule has 1 atom stereocenters. The quantitative estimate of drug-likeness (QED) is 0.781. The van der Waals surface area contributed by atoms with Crippen molar-refractivity contribution in [1.29, 1.82) is 0 Å². The fourth-order valence-corrected chi connectivity index (χ4v) is 4.53. The summed E-state index contributed by atoms with van der Waals surface area (Å²) in [5.41, 5.74) is 0.882. The van der Waals surface area contributed by atoms with Crippen molar-refractivity contribution in [2.24, 2.45) is 0 Å². The second kappa shape index (κ2) is 8.33. The SMILES string of the molecule is COc1cccc(C(CNS(=O)(=O)c2c(F)cccc2F)N2CCCC2)c1. The van der Waals surface area contributed by atoms with E-state index in [0.717, 1.165) is 49.7 Å². The minimum atomic E-state index is -4.33. The zero-order chi connectivity index (χ0) is 19.4. The summed E-state index contributed by atoms with van der Waals surface area (Å²) in [5, 5.41) is 0. The highest BCUT2D eigenvalue weighted by Gasteiger charge is 2.28. The first-order valence-corrected chi connectivity index (χ1v) is 10.2. The highest BCUT2D eigenvalue weighted by molar-refractivity contribution is 7.89. The number of hydrogen-bond acceptors (Lipinski definition) is 4. The number of methoxy groups -OCH3 is 1. The summed E-state index contributed by atoms with van der Waals surface area (Å²) < 4.78 is 60.5. The first-order valence-electron chi connectivity index (χ1n) is 8.74. The maximum absolute atomic E-state index is 13.9. The molecule has 0 radical (unpaired) electrons. The lowest BCUT2D eigenvalue weighted by Crippen LogP contribution is -2.37. The molecule has 2 aromatic carbocycles. The van der Waals surface area contributed by atoms with E-state index < -0.39 is 26.6 Å². The van der Waals surface area contributed by atoms with Gasteiger partial charge in [0.05, 0.1) is 7.11 Å². The van der Waals surface area contributed by atoms with Gasteiger partial charge in [-0.25, -0.2) is 21.9 Å². The molecule has 1 fully saturated rings. The molecule has 0 saturated carbocycles. The predicted octanol–water partition coefficient (Wildman–Crippen LogP) is 3.09. The second-order valence-electron chi connectivity index (χ2n) is 6.44. The van der Waals surface area contributed by atoms with Crippen LogP contribution in [0.1, 0.15) is 24.4 Å². The first kappa shape index (κ1) is 19.7. The van der Waals surface area contributed by atoms with Crippen LogP contribution in [0.15, 0.2) is 47.4 Å². The minimum absolute atomic E-state index is 0.00325. The Hall–Kier alpha value is -2.03. The molecule has 0 aromatic heterocycles. The number of likely N-dealkylation sites (tertiary alicyclic amines) is 1. The van der Waals surface area contributed by atoms with Gasteiger partial charge in [-0.3, -0.25) is 4.90 Å². The molecule has 1 aliphatic rings. The molecule has 0 amide bonds. The van der Waals surface area contributed by atoms with Crippen molar-refractivity contribution < 1.29 is 21.9 Å². The monoisotopic (exact) mass is 396 g/mol. The molecule has 8 heteroatoms. The van der Waals surface area contributed by atoms with Crippen molar-refractivity contribution in [3.8, 4) is 5.75 Å². The molecule has 1 saturated heterocycles. The van der Waals surface area contributed by atoms with E-state index in [0.29, 0.717) is 5.75 Å². The van der Waals surface area contributed by atoms with Crippen LogP contribution in [-0.2, 0) is 10.0 Å². The normalized spacial score (nSPS) is 16.4. The minimum Gasteiger partial charge on any atom is -0.497 e. The van der Waals surface area contributed by atoms with Crippen LogP contribution in [0.4, 0.5) is 8.78 Å². The summed E-state index contributed by atoms with van der Waals surface area (Å²) in [6, 6.07) is 10.1. The number of ether oxygens (including phenoxy) is 1. The highest BCUT2D eigenvalue weighted by Crippen LogP contribution is 2.28. The Balaban J connectivity index is 1.86. The Morgan fingerprint density at radius 2 is 1.74 bits per heavy atom. The fraction of sp³-hybridized carbons (Fsp3) is 0.368. The van der Waals surface area contributed by atoms with Crippen LogP contribution in [-0.4, -0.2) is 40.1 Å². The molecule has 1 N–H and O–H groups in total. The molecule has 0 spiro atoms. The van der Waals surface area contributed by atoms with Crippen LogP contribution in [0.25, 0.3) is 0 Å². The molecule has 3 rings (SSSR count). The number of nitrogens with one attached hydrogen (secondary N) is 1. The van der Waals surface area contributed by atoms with Gasteiger partial charge in [0.2, 0.25) is 10.0 Å². The van der Waals surface area contributed by atoms with Gasteiger partial charge in [0.15, 0.2) is 4.90 Å². The summed E-state index contributed by atoms with van der Waals surface area (Å²) in [6.45, 7) is 1.67. The Bertz CT molecular complexity index is 879. The van der Waals surface area contributed by atoms with Crippen LogP contribution >= 0.6 is 0 Å². The Labute approximate surface area is 158 Å². The average Bonchev–Trinajstić information content (AvgIpc) is 3.16. The van der Waals surface area contributed by atoms with Crippen LogP contribution in [0.2, 0.25) is 0 Å². The van der Waals surface area contributed by atoms with Crippen LogP contribution in [0.5, 0.6) is 5.75 Å². The summed E-state index contributed by atoms with van der Waals surface area (Å²) >= 11 is 0. The number of sulfonamides is 1. The van der Waals surface area contributed by atoms with Gasteiger partial charge in [-0.15, -0.1) is 0 Å². The molecule has 0 aliphatic carbocycles. The van der Waals surface area contributed by atoms with Crippen molar-refractivity contribution in [1.82, 2.24) is 9.62 Å². The van der Waals surface area contributed by atoms with Gasteiger partial charge in [-0.2, -0.15) is 0 Å². The number of nitrogens with zero attached hydrogens (tertiary/aromatic N) is 1. The van der Waals surface area contributed by atoms with Gasteiger partial charge in [0.1, 0.15) is 17.4 Å². The van der Waals surface area contributed by atoms with E-state index in [1.807, 2.05) is 24.3 Å². The molecular weight excluding hydrogens is 374 g/mol. The lowest BCUT2D eigenvalue weighted by Gasteiger charge is -2.28. The van der Waals surface area contributed by atoms with E-state index in [2.05, 4.69) is 9.62 Å². The molecule has 5 nitrogen and oxygen atoms in total. The maximum atomic E-state index is 13.9. The number of benzene rings is 2. The van der Waals surface area contributed by atoms with Crippen molar-refractivity contribution in [2.45, 2.75) is 23.8 Å². The Morgan fingerprint density at radius 3 is 2.37 bits per heavy atom. The summed E-state index contributed by atoms with van der Waals surface area (Å²) in [4.78, 5) is 1.21. The third kappa shape index (κ3) is 4.45. The molecule has 27 heavy (non-hydrogen) atoms. The highest BCUT2D eigenvalue weighted by atomic mass is 32.2. The van der Waals surface area contributed by atoms with Crippen molar-refractivity contribution in [2.75, 3.05) is 26.7 Å². The third-order valence-electron chi connectivity index (χ3n) is 4.71. The fourth-order valence-electron chi connectivity index (χ4n) is 3.36. The predicted molar refractivity (Wildman–Crippen MR) is 98.1 cm³/mol. The van der Waals surface area contributed by atoms with Gasteiger partial charge in [0, 0.05) is 12.6 Å². The molecule has 1 unspecified atom stereocenters. The average molecular weight is 396 g/mol. The van der Waals surface area contributed by atoms with E-state index in [-0.39, 0.29) is 12.6 Å². The van der Waals surface area contributed by atoms with Gasteiger partial charge in [-0.05, 0) is 55.8 Å². The van der Waals surface area contributed by atoms with E-state index >= 15 is 0 Å². The molecule has 1 aliphatic heterocycles. The van der Waals surface area contributed by atoms with Gasteiger partial charge >= 0.3 is 0 Å². The topological polar surface area (TPSA) is 58.6 Å². The number of hydrogen-bond donors (Lipinski definition) is 1. The lowest BCUT2D eigenvalue weighted by atomic mass is 10.1. The molecule has 0 bridgehead atoms. The second-order valence-corrected chi connectivity index (χ2v) is 8.14. The Morgan fingerprint density at radius 1 is 1.11 bits per heavy atom. The summed E-state index contributed by atoms with van der Waals surface area (Å²) in [6.07, 6.45) is 2.05. The first-order chi connectivity index (χ1) is 12.9. The number of halogens is 2.